The van der Waals surface area contributed by atoms with Crippen molar-refractivity contribution in [2.24, 2.45) is 17.3 Å². The van der Waals surface area contributed by atoms with E-state index in [1.807, 2.05) is 0 Å². The molecular formula is C22H28BrNO. The Labute approximate surface area is 159 Å². The van der Waals surface area contributed by atoms with Crippen LogP contribution >= 0.6 is 15.9 Å². The molecule has 134 valence electrons. The van der Waals surface area contributed by atoms with Crippen molar-refractivity contribution in [2.45, 2.75) is 74.6 Å². The molecule has 6 rings (SSSR count). The molecule has 1 N–H and O–H groups in total. The number of amides is 1. The first-order valence-corrected chi connectivity index (χ1v) is 10.9. The van der Waals surface area contributed by atoms with Crippen LogP contribution < -0.4 is 5.32 Å². The predicted octanol–water partition coefficient (Wildman–Crippen LogP) is 5.30. The first kappa shape index (κ1) is 16.4. The van der Waals surface area contributed by atoms with Crippen molar-refractivity contribution >= 4 is 21.8 Å². The van der Waals surface area contributed by atoms with Crippen LogP contribution in [0.15, 0.2) is 24.3 Å². The highest BCUT2D eigenvalue weighted by molar-refractivity contribution is 9.10. The normalized spacial score (nSPS) is 41.4. The predicted molar refractivity (Wildman–Crippen MR) is 104 cm³/mol. The topological polar surface area (TPSA) is 29.1 Å². The van der Waals surface area contributed by atoms with E-state index in [0.29, 0.717) is 10.2 Å². The molecule has 2 unspecified atom stereocenters. The summed E-state index contributed by atoms with van der Waals surface area (Å²) in [7, 11) is 0. The summed E-state index contributed by atoms with van der Waals surface area (Å²) in [5.41, 5.74) is 3.05. The Morgan fingerprint density at radius 1 is 1.16 bits per heavy atom. The second-order valence-electron chi connectivity index (χ2n) is 9.50. The van der Waals surface area contributed by atoms with Gasteiger partial charge in [0.1, 0.15) is 0 Å². The molecule has 4 fully saturated rings. The van der Waals surface area contributed by atoms with Crippen LogP contribution in [0.3, 0.4) is 0 Å². The van der Waals surface area contributed by atoms with Crippen LogP contribution in [-0.2, 0) is 11.2 Å². The van der Waals surface area contributed by atoms with E-state index < -0.39 is 0 Å². The molecule has 0 aromatic heterocycles. The molecule has 2 nitrogen and oxygen atoms in total. The van der Waals surface area contributed by atoms with Crippen LogP contribution in [0.25, 0.3) is 0 Å². The van der Waals surface area contributed by atoms with Crippen molar-refractivity contribution < 1.29 is 4.79 Å². The monoisotopic (exact) mass is 401 g/mol. The molecule has 0 spiro atoms. The zero-order valence-electron chi connectivity index (χ0n) is 14.9. The standard InChI is InChI=1S/C22H28BrNO/c23-22-11-15-8-16(12-22)10-21(9-15,14-22)13-20(25)24-19-7-3-5-17-4-1-2-6-18(17)19/h1-2,4,6,15-16,19H,3,5,7-14H2,(H,24,25)/t15-,16+,19-,21?,22?/m0/s1. The van der Waals surface area contributed by atoms with Gasteiger partial charge in [0, 0.05) is 10.7 Å². The molecule has 1 aromatic carbocycles. The maximum Gasteiger partial charge on any atom is 0.221 e. The first-order chi connectivity index (χ1) is 12.0. The molecule has 4 bridgehead atoms. The third kappa shape index (κ3) is 2.97. The van der Waals surface area contributed by atoms with Crippen molar-refractivity contribution in [1.82, 2.24) is 5.32 Å². The second kappa shape index (κ2) is 5.84. The Hall–Kier alpha value is -0.830. The molecule has 25 heavy (non-hydrogen) atoms. The molecule has 3 heteroatoms. The summed E-state index contributed by atoms with van der Waals surface area (Å²) in [6, 6.07) is 8.88. The van der Waals surface area contributed by atoms with E-state index in [4.69, 9.17) is 0 Å². The number of halogens is 1. The number of benzene rings is 1. The van der Waals surface area contributed by atoms with Crippen LogP contribution in [0.2, 0.25) is 0 Å². The highest BCUT2D eigenvalue weighted by Gasteiger charge is 2.57. The second-order valence-corrected chi connectivity index (χ2v) is 11.2. The van der Waals surface area contributed by atoms with Gasteiger partial charge in [-0.05, 0) is 86.2 Å². The Morgan fingerprint density at radius 3 is 2.68 bits per heavy atom. The largest absolute Gasteiger partial charge is 0.349 e. The van der Waals surface area contributed by atoms with Gasteiger partial charge in [0.2, 0.25) is 5.91 Å². The number of hydrogen-bond donors (Lipinski definition) is 1. The molecule has 5 atom stereocenters. The van der Waals surface area contributed by atoms with Gasteiger partial charge < -0.3 is 5.32 Å². The van der Waals surface area contributed by atoms with Gasteiger partial charge in [-0.2, -0.15) is 0 Å². The fourth-order valence-corrected chi connectivity index (χ4v) is 8.54. The van der Waals surface area contributed by atoms with Gasteiger partial charge in [-0.25, -0.2) is 0 Å². The Kier molecular flexibility index (Phi) is 3.82. The van der Waals surface area contributed by atoms with Crippen molar-refractivity contribution in [1.29, 1.82) is 0 Å². The summed E-state index contributed by atoms with van der Waals surface area (Å²) < 4.78 is 0.342. The number of carbonyl (C=O) groups is 1. The third-order valence-electron chi connectivity index (χ3n) is 7.35. The number of aryl methyl sites for hydroxylation is 1. The van der Waals surface area contributed by atoms with Gasteiger partial charge in [0.25, 0.3) is 0 Å². The van der Waals surface area contributed by atoms with E-state index >= 15 is 0 Å². The fourth-order valence-electron chi connectivity index (χ4n) is 7.03. The average Bonchev–Trinajstić information content (AvgIpc) is 2.52. The Morgan fingerprint density at radius 2 is 1.92 bits per heavy atom. The Balaban J connectivity index is 1.30. The van der Waals surface area contributed by atoms with Gasteiger partial charge in [-0.1, -0.05) is 40.2 Å². The smallest absolute Gasteiger partial charge is 0.221 e. The lowest BCUT2D eigenvalue weighted by molar-refractivity contribution is -0.129. The number of rotatable bonds is 3. The summed E-state index contributed by atoms with van der Waals surface area (Å²) in [5.74, 6) is 1.99. The molecule has 0 aliphatic heterocycles. The first-order valence-electron chi connectivity index (χ1n) is 10.1. The quantitative estimate of drug-likeness (QED) is 0.683. The molecule has 5 aliphatic rings. The van der Waals surface area contributed by atoms with Gasteiger partial charge >= 0.3 is 0 Å². The molecule has 0 heterocycles. The maximum atomic E-state index is 13.0. The number of carbonyl (C=O) groups excluding carboxylic acids is 1. The number of nitrogens with one attached hydrogen (secondary N) is 1. The molecule has 0 saturated heterocycles. The fraction of sp³-hybridized carbons (Fsp3) is 0.682. The van der Waals surface area contributed by atoms with Crippen molar-refractivity contribution in [3.8, 4) is 0 Å². The number of fused-ring (bicyclic) bond motifs is 1. The summed E-state index contributed by atoms with van der Waals surface area (Å²) in [5, 5.41) is 3.41. The lowest BCUT2D eigenvalue weighted by atomic mass is 9.48. The van der Waals surface area contributed by atoms with Gasteiger partial charge in [-0.3, -0.25) is 4.79 Å². The minimum Gasteiger partial charge on any atom is -0.349 e. The molecule has 4 saturated carbocycles. The lowest BCUT2D eigenvalue weighted by Crippen LogP contribution is -2.54. The molecule has 1 amide bonds. The average molecular weight is 402 g/mol. The summed E-state index contributed by atoms with van der Waals surface area (Å²) in [4.78, 5) is 13.0. The van der Waals surface area contributed by atoms with Crippen LogP contribution in [0, 0.1) is 17.3 Å². The highest BCUT2D eigenvalue weighted by Crippen LogP contribution is 2.65. The SMILES string of the molecule is O=C(CC12C[C@@H]3C[C@@H](CC(Br)(C3)C1)C2)N[C@H]1CCCc2ccccc21. The third-order valence-corrected chi connectivity index (χ3v) is 8.28. The minimum atomic E-state index is 0.226. The zero-order chi connectivity index (χ0) is 17.1. The summed E-state index contributed by atoms with van der Waals surface area (Å²) in [6.45, 7) is 0. The van der Waals surface area contributed by atoms with E-state index in [-0.39, 0.29) is 11.5 Å². The number of hydrogen-bond acceptors (Lipinski definition) is 1. The molecule has 1 aromatic rings. The molecule has 0 radical (unpaired) electrons. The van der Waals surface area contributed by atoms with E-state index in [2.05, 4.69) is 45.5 Å². The summed E-state index contributed by atoms with van der Waals surface area (Å²) in [6.07, 6.45) is 12.0. The number of alkyl halides is 1. The van der Waals surface area contributed by atoms with Crippen LogP contribution in [0.1, 0.15) is 75.0 Å². The Bertz CT molecular complexity index is 685. The van der Waals surface area contributed by atoms with Gasteiger partial charge in [-0.15, -0.1) is 0 Å². The van der Waals surface area contributed by atoms with E-state index in [1.165, 1.54) is 56.1 Å². The minimum absolute atomic E-state index is 0.226. The van der Waals surface area contributed by atoms with Crippen LogP contribution in [0.4, 0.5) is 0 Å². The van der Waals surface area contributed by atoms with Crippen molar-refractivity contribution in [3.05, 3.63) is 35.4 Å². The van der Waals surface area contributed by atoms with Crippen LogP contribution in [-0.4, -0.2) is 10.2 Å². The van der Waals surface area contributed by atoms with Gasteiger partial charge in [0.15, 0.2) is 0 Å². The van der Waals surface area contributed by atoms with Crippen LogP contribution in [0.5, 0.6) is 0 Å². The van der Waals surface area contributed by atoms with Gasteiger partial charge in [0.05, 0.1) is 6.04 Å². The van der Waals surface area contributed by atoms with Crippen molar-refractivity contribution in [2.75, 3.05) is 0 Å². The maximum absolute atomic E-state index is 13.0. The molecular weight excluding hydrogens is 374 g/mol. The lowest BCUT2D eigenvalue weighted by Gasteiger charge is -2.60. The zero-order valence-corrected chi connectivity index (χ0v) is 16.5. The van der Waals surface area contributed by atoms with E-state index in [9.17, 15) is 4.79 Å². The van der Waals surface area contributed by atoms with E-state index in [1.54, 1.807) is 0 Å². The summed E-state index contributed by atoms with van der Waals surface area (Å²) >= 11 is 4.07. The molecule has 5 aliphatic carbocycles. The van der Waals surface area contributed by atoms with Crippen molar-refractivity contribution in [3.63, 3.8) is 0 Å². The highest BCUT2D eigenvalue weighted by atomic mass is 79.9. The van der Waals surface area contributed by atoms with E-state index in [0.717, 1.165) is 31.1 Å².